The van der Waals surface area contributed by atoms with E-state index in [1.807, 2.05) is 0 Å². The van der Waals surface area contributed by atoms with Gasteiger partial charge in [0.2, 0.25) is 0 Å². The van der Waals surface area contributed by atoms with Gasteiger partial charge in [-0.3, -0.25) is 24.1 Å². The molecule has 2 amide bonds. The Hall–Kier alpha value is -2.50. The van der Waals surface area contributed by atoms with Gasteiger partial charge in [-0.05, 0) is 37.8 Å². The lowest BCUT2D eigenvalue weighted by Crippen LogP contribution is -2.32. The van der Waals surface area contributed by atoms with E-state index in [9.17, 15) is 19.2 Å². The molecule has 2 aliphatic rings. The van der Waals surface area contributed by atoms with Gasteiger partial charge in [-0.2, -0.15) is 0 Å². The number of rotatable bonds is 5. The average molecular weight is 329 g/mol. The Bertz CT molecular complexity index is 661. The maximum Gasteiger partial charge on any atom is 0.306 e. The monoisotopic (exact) mass is 329 g/mol. The molecule has 1 aliphatic carbocycles. The Kier molecular flexibility index (Phi) is 4.74. The second kappa shape index (κ2) is 6.95. The van der Waals surface area contributed by atoms with Crippen molar-refractivity contribution >= 4 is 23.6 Å². The molecule has 1 aliphatic heterocycles. The summed E-state index contributed by atoms with van der Waals surface area (Å²) in [6.07, 6.45) is 2.58. The minimum Gasteiger partial charge on any atom is -0.454 e. The SMILES string of the molecule is O=C(CCCN1C(=O)c2ccccc2C1=O)O[C@H]1CCCCC1=O. The van der Waals surface area contributed by atoms with Crippen LogP contribution in [0.4, 0.5) is 0 Å². The first-order chi connectivity index (χ1) is 11.6. The third kappa shape index (κ3) is 3.22. The van der Waals surface area contributed by atoms with Crippen LogP contribution in [0.1, 0.15) is 59.2 Å². The molecule has 1 heterocycles. The Morgan fingerprint density at radius 2 is 1.75 bits per heavy atom. The Morgan fingerprint density at radius 3 is 2.38 bits per heavy atom. The molecule has 6 nitrogen and oxygen atoms in total. The van der Waals surface area contributed by atoms with E-state index in [1.54, 1.807) is 24.3 Å². The number of nitrogens with zero attached hydrogens (tertiary/aromatic N) is 1. The van der Waals surface area contributed by atoms with Gasteiger partial charge in [0.1, 0.15) is 0 Å². The Morgan fingerprint density at radius 1 is 1.08 bits per heavy atom. The number of ketones is 1. The number of hydrogen-bond donors (Lipinski definition) is 0. The topological polar surface area (TPSA) is 80.8 Å². The number of fused-ring (bicyclic) bond motifs is 1. The standard InChI is InChI=1S/C18H19NO5/c20-14-8-3-4-9-15(14)24-16(21)10-5-11-19-17(22)12-6-1-2-7-13(12)18(19)23/h1-2,6-7,15H,3-5,8-11H2/t15-/m0/s1. The van der Waals surface area contributed by atoms with Gasteiger partial charge >= 0.3 is 5.97 Å². The van der Waals surface area contributed by atoms with Gasteiger partial charge in [-0.1, -0.05) is 12.1 Å². The summed E-state index contributed by atoms with van der Waals surface area (Å²) in [6, 6.07) is 6.68. The molecule has 1 atom stereocenters. The predicted molar refractivity (Wildman–Crippen MR) is 84.4 cm³/mol. The molecule has 24 heavy (non-hydrogen) atoms. The second-order valence-electron chi connectivity index (χ2n) is 6.10. The molecule has 0 N–H and O–H groups in total. The van der Waals surface area contributed by atoms with E-state index in [0.29, 0.717) is 30.4 Å². The van der Waals surface area contributed by atoms with E-state index >= 15 is 0 Å². The van der Waals surface area contributed by atoms with Crippen molar-refractivity contribution in [2.75, 3.05) is 6.54 Å². The highest BCUT2D eigenvalue weighted by molar-refractivity contribution is 6.21. The van der Waals surface area contributed by atoms with Crippen LogP contribution in [-0.2, 0) is 14.3 Å². The predicted octanol–water partition coefficient (Wildman–Crippen LogP) is 2.12. The lowest BCUT2D eigenvalue weighted by atomic mass is 9.96. The maximum atomic E-state index is 12.2. The van der Waals surface area contributed by atoms with Crippen molar-refractivity contribution < 1.29 is 23.9 Å². The van der Waals surface area contributed by atoms with Crippen LogP contribution in [0, 0.1) is 0 Å². The number of benzene rings is 1. The van der Waals surface area contributed by atoms with Gasteiger partial charge in [-0.25, -0.2) is 0 Å². The molecule has 0 aromatic heterocycles. The van der Waals surface area contributed by atoms with Crippen LogP contribution in [0.2, 0.25) is 0 Å². The highest BCUT2D eigenvalue weighted by Crippen LogP contribution is 2.23. The van der Waals surface area contributed by atoms with Crippen molar-refractivity contribution in [3.05, 3.63) is 35.4 Å². The molecule has 1 saturated carbocycles. The normalized spacial score (nSPS) is 20.2. The molecule has 0 radical (unpaired) electrons. The summed E-state index contributed by atoms with van der Waals surface area (Å²) in [4.78, 5) is 49.0. The smallest absolute Gasteiger partial charge is 0.306 e. The lowest BCUT2D eigenvalue weighted by Gasteiger charge is -2.20. The van der Waals surface area contributed by atoms with Crippen LogP contribution in [0.5, 0.6) is 0 Å². The van der Waals surface area contributed by atoms with Crippen LogP contribution in [-0.4, -0.2) is 41.1 Å². The Labute approximate surface area is 139 Å². The van der Waals surface area contributed by atoms with E-state index in [1.165, 1.54) is 0 Å². The summed E-state index contributed by atoms with van der Waals surface area (Å²) in [7, 11) is 0. The molecule has 126 valence electrons. The number of hydrogen-bond acceptors (Lipinski definition) is 5. The van der Waals surface area contributed by atoms with Crippen LogP contribution >= 0.6 is 0 Å². The van der Waals surface area contributed by atoms with E-state index in [2.05, 4.69) is 0 Å². The molecule has 1 fully saturated rings. The number of ether oxygens (including phenoxy) is 1. The molecule has 1 aromatic rings. The molecule has 0 spiro atoms. The quantitative estimate of drug-likeness (QED) is 0.610. The van der Waals surface area contributed by atoms with E-state index < -0.39 is 12.1 Å². The Balaban J connectivity index is 1.48. The number of carbonyl (C=O) groups excluding carboxylic acids is 4. The van der Waals surface area contributed by atoms with Gasteiger partial charge in [0.15, 0.2) is 11.9 Å². The zero-order valence-corrected chi connectivity index (χ0v) is 13.3. The third-order valence-electron chi connectivity index (χ3n) is 4.41. The molecule has 0 unspecified atom stereocenters. The highest BCUT2D eigenvalue weighted by Gasteiger charge is 2.34. The largest absolute Gasteiger partial charge is 0.454 e. The minimum atomic E-state index is -0.620. The van der Waals surface area contributed by atoms with Crippen molar-refractivity contribution in [1.29, 1.82) is 0 Å². The molecule has 6 heteroatoms. The maximum absolute atomic E-state index is 12.2. The number of imide groups is 1. The van der Waals surface area contributed by atoms with Gasteiger partial charge in [-0.15, -0.1) is 0 Å². The number of esters is 1. The van der Waals surface area contributed by atoms with Crippen molar-refractivity contribution in [2.24, 2.45) is 0 Å². The van der Waals surface area contributed by atoms with E-state index in [0.717, 1.165) is 17.7 Å². The average Bonchev–Trinajstić information content (AvgIpc) is 2.82. The summed E-state index contributed by atoms with van der Waals surface area (Å²) < 4.78 is 5.21. The summed E-state index contributed by atoms with van der Waals surface area (Å²) in [5.74, 6) is -1.13. The fourth-order valence-corrected chi connectivity index (χ4v) is 3.12. The number of carbonyl (C=O) groups is 4. The van der Waals surface area contributed by atoms with Gasteiger partial charge in [0.05, 0.1) is 11.1 Å². The molecule has 0 bridgehead atoms. The first-order valence-electron chi connectivity index (χ1n) is 8.25. The number of amides is 2. The molecule has 3 rings (SSSR count). The summed E-state index contributed by atoms with van der Waals surface area (Å²) >= 11 is 0. The van der Waals surface area contributed by atoms with Crippen molar-refractivity contribution in [3.63, 3.8) is 0 Å². The van der Waals surface area contributed by atoms with Crippen LogP contribution < -0.4 is 0 Å². The zero-order valence-electron chi connectivity index (χ0n) is 13.3. The first kappa shape index (κ1) is 16.4. The van der Waals surface area contributed by atoms with Gasteiger partial charge < -0.3 is 4.74 Å². The zero-order chi connectivity index (χ0) is 17.1. The fourth-order valence-electron chi connectivity index (χ4n) is 3.12. The molecular formula is C18H19NO5. The highest BCUT2D eigenvalue weighted by atomic mass is 16.5. The van der Waals surface area contributed by atoms with Crippen LogP contribution in [0.25, 0.3) is 0 Å². The lowest BCUT2D eigenvalue weighted by molar-refractivity contribution is -0.156. The van der Waals surface area contributed by atoms with Crippen molar-refractivity contribution in [1.82, 2.24) is 4.90 Å². The van der Waals surface area contributed by atoms with Crippen molar-refractivity contribution in [2.45, 2.75) is 44.6 Å². The van der Waals surface area contributed by atoms with E-state index in [-0.39, 0.29) is 30.6 Å². The number of Topliss-reactive ketones (excluding diaryl/α,β-unsaturated/α-hetero) is 1. The molecular weight excluding hydrogens is 310 g/mol. The van der Waals surface area contributed by atoms with Gasteiger partial charge in [0.25, 0.3) is 11.8 Å². The third-order valence-corrected chi connectivity index (χ3v) is 4.41. The second-order valence-corrected chi connectivity index (χ2v) is 6.10. The van der Waals surface area contributed by atoms with E-state index in [4.69, 9.17) is 4.74 Å². The summed E-state index contributed by atoms with van der Waals surface area (Å²) in [6.45, 7) is 0.167. The van der Waals surface area contributed by atoms with Crippen molar-refractivity contribution in [3.8, 4) is 0 Å². The molecule has 0 saturated heterocycles. The first-order valence-corrected chi connectivity index (χ1v) is 8.25. The summed E-state index contributed by atoms with van der Waals surface area (Å²) in [5.41, 5.74) is 0.802. The summed E-state index contributed by atoms with van der Waals surface area (Å²) in [5, 5.41) is 0. The van der Waals surface area contributed by atoms with Gasteiger partial charge in [0, 0.05) is 19.4 Å². The molecule has 1 aromatic carbocycles. The minimum absolute atomic E-state index is 0.0186. The van der Waals surface area contributed by atoms with Crippen LogP contribution in [0.3, 0.4) is 0 Å². The fraction of sp³-hybridized carbons (Fsp3) is 0.444. The van der Waals surface area contributed by atoms with Crippen LogP contribution in [0.15, 0.2) is 24.3 Å².